The van der Waals surface area contributed by atoms with E-state index in [2.05, 4.69) is 47.7 Å². The van der Waals surface area contributed by atoms with Crippen LogP contribution >= 0.6 is 46.7 Å². The summed E-state index contributed by atoms with van der Waals surface area (Å²) in [5.41, 5.74) is 2.48. The van der Waals surface area contributed by atoms with Crippen LogP contribution in [0.15, 0.2) is 27.2 Å². The molecule has 2 aromatic heterocycles. The Bertz CT molecular complexity index is 693. The van der Waals surface area contributed by atoms with E-state index in [1.165, 1.54) is 5.56 Å². The molecular weight excluding hydrogens is 491 g/mol. The number of thiazole rings is 1. The van der Waals surface area contributed by atoms with Crippen LogP contribution in [0.3, 0.4) is 0 Å². The molecule has 0 bridgehead atoms. The molecule has 0 spiro atoms. The number of likely N-dealkylation sites (tertiary alicyclic amines) is 1. The van der Waals surface area contributed by atoms with Crippen molar-refractivity contribution in [2.24, 2.45) is 4.99 Å². The molecule has 150 valence electrons. The number of halogens is 1. The van der Waals surface area contributed by atoms with Crippen molar-refractivity contribution in [1.82, 2.24) is 20.5 Å². The second kappa shape index (κ2) is 11.2. The van der Waals surface area contributed by atoms with Crippen LogP contribution in [0.4, 0.5) is 5.13 Å². The third kappa shape index (κ3) is 6.88. The molecule has 0 unspecified atom stereocenters. The standard InChI is InChI=1S/C18H28N6S2.HI/c1-19-17(20-10-16-13-26-18(22-16)23(2)3)21-15-4-7-24(8-5-15)11-14-6-9-25-12-14;/h6,9,12-13,15H,4-5,7-8,10-11H2,1-3H3,(H2,19,20,21);1H. The predicted octanol–water partition coefficient (Wildman–Crippen LogP) is 3.22. The van der Waals surface area contributed by atoms with Crippen LogP contribution in [0.5, 0.6) is 0 Å². The molecule has 3 heterocycles. The summed E-state index contributed by atoms with van der Waals surface area (Å²) in [5.74, 6) is 0.862. The molecule has 9 heteroatoms. The lowest BCUT2D eigenvalue weighted by molar-refractivity contribution is 0.198. The molecule has 1 fully saturated rings. The third-order valence-corrected chi connectivity index (χ3v) is 6.29. The molecule has 1 saturated heterocycles. The molecule has 1 aliphatic heterocycles. The number of rotatable bonds is 6. The molecule has 2 N–H and O–H groups in total. The second-order valence-corrected chi connectivity index (χ2v) is 8.38. The fourth-order valence-corrected chi connectivity index (χ4v) is 4.44. The number of aromatic nitrogens is 1. The van der Waals surface area contributed by atoms with Gasteiger partial charge in [0.15, 0.2) is 11.1 Å². The summed E-state index contributed by atoms with van der Waals surface area (Å²) in [7, 11) is 5.86. The number of thiophene rings is 1. The van der Waals surface area contributed by atoms with Gasteiger partial charge in [0.1, 0.15) is 0 Å². The van der Waals surface area contributed by atoms with Crippen molar-refractivity contribution in [3.63, 3.8) is 0 Å². The molecule has 0 radical (unpaired) electrons. The molecule has 1 aliphatic rings. The monoisotopic (exact) mass is 520 g/mol. The van der Waals surface area contributed by atoms with Gasteiger partial charge in [0.25, 0.3) is 0 Å². The third-order valence-electron chi connectivity index (χ3n) is 4.50. The minimum absolute atomic E-state index is 0. The first-order valence-corrected chi connectivity index (χ1v) is 10.8. The first-order valence-electron chi connectivity index (χ1n) is 8.96. The number of anilines is 1. The maximum atomic E-state index is 4.60. The Morgan fingerprint density at radius 1 is 1.33 bits per heavy atom. The molecule has 0 aromatic carbocycles. The Labute approximate surface area is 187 Å². The van der Waals surface area contributed by atoms with Crippen LogP contribution in [-0.4, -0.2) is 56.1 Å². The number of piperidine rings is 1. The van der Waals surface area contributed by atoms with Crippen LogP contribution in [0, 0.1) is 0 Å². The van der Waals surface area contributed by atoms with Crippen molar-refractivity contribution in [1.29, 1.82) is 0 Å². The van der Waals surface area contributed by atoms with Crippen molar-refractivity contribution < 1.29 is 0 Å². The van der Waals surface area contributed by atoms with Crippen LogP contribution in [-0.2, 0) is 13.1 Å². The van der Waals surface area contributed by atoms with Gasteiger partial charge in [0.2, 0.25) is 0 Å². The van der Waals surface area contributed by atoms with Gasteiger partial charge >= 0.3 is 0 Å². The van der Waals surface area contributed by atoms with Gasteiger partial charge in [-0.2, -0.15) is 11.3 Å². The summed E-state index contributed by atoms with van der Waals surface area (Å²) >= 11 is 3.44. The smallest absolute Gasteiger partial charge is 0.191 e. The van der Waals surface area contributed by atoms with E-state index in [1.807, 2.05) is 26.0 Å². The van der Waals surface area contributed by atoms with Gasteiger partial charge in [-0.1, -0.05) is 0 Å². The normalized spacial score (nSPS) is 16.0. The predicted molar refractivity (Wildman–Crippen MR) is 128 cm³/mol. The molecular formula is C18H29IN6S2. The zero-order valence-corrected chi connectivity index (χ0v) is 20.1. The minimum Gasteiger partial charge on any atom is -0.354 e. The van der Waals surface area contributed by atoms with Gasteiger partial charge in [-0.05, 0) is 35.2 Å². The molecule has 0 atom stereocenters. The molecule has 0 amide bonds. The van der Waals surface area contributed by atoms with Crippen molar-refractivity contribution in [2.75, 3.05) is 39.1 Å². The Kier molecular flexibility index (Phi) is 9.27. The first kappa shape index (κ1) is 22.4. The summed E-state index contributed by atoms with van der Waals surface area (Å²) in [4.78, 5) is 13.5. The van der Waals surface area contributed by atoms with E-state index < -0.39 is 0 Å². The molecule has 2 aromatic rings. The minimum atomic E-state index is 0. The fraction of sp³-hybridized carbons (Fsp3) is 0.556. The Hall–Kier alpha value is -0.910. The zero-order valence-electron chi connectivity index (χ0n) is 16.1. The van der Waals surface area contributed by atoms with E-state index in [-0.39, 0.29) is 24.0 Å². The maximum Gasteiger partial charge on any atom is 0.191 e. The van der Waals surface area contributed by atoms with E-state index >= 15 is 0 Å². The number of guanidine groups is 1. The lowest BCUT2D eigenvalue weighted by Gasteiger charge is -2.32. The average molecular weight is 521 g/mol. The number of hydrogen-bond donors (Lipinski definition) is 2. The summed E-state index contributed by atoms with van der Waals surface area (Å²) in [5, 5.41) is 14.5. The van der Waals surface area contributed by atoms with Gasteiger partial charge < -0.3 is 15.5 Å². The summed E-state index contributed by atoms with van der Waals surface area (Å²) in [6.45, 7) is 4.02. The highest BCUT2D eigenvalue weighted by molar-refractivity contribution is 14.0. The van der Waals surface area contributed by atoms with E-state index in [4.69, 9.17) is 0 Å². The molecule has 3 rings (SSSR count). The van der Waals surface area contributed by atoms with Crippen molar-refractivity contribution in [2.45, 2.75) is 32.0 Å². The Morgan fingerprint density at radius 2 is 2.11 bits per heavy atom. The fourth-order valence-electron chi connectivity index (χ4n) is 3.02. The summed E-state index contributed by atoms with van der Waals surface area (Å²) in [6, 6.07) is 2.70. The highest BCUT2D eigenvalue weighted by Crippen LogP contribution is 2.18. The lowest BCUT2D eigenvalue weighted by Crippen LogP contribution is -2.48. The zero-order chi connectivity index (χ0) is 18.4. The second-order valence-electron chi connectivity index (χ2n) is 6.77. The highest BCUT2D eigenvalue weighted by atomic mass is 127. The number of hydrogen-bond acceptors (Lipinski definition) is 6. The average Bonchev–Trinajstić information content (AvgIpc) is 3.32. The van der Waals surface area contributed by atoms with E-state index in [0.29, 0.717) is 12.6 Å². The summed E-state index contributed by atoms with van der Waals surface area (Å²) < 4.78 is 0. The van der Waals surface area contributed by atoms with Gasteiger partial charge in [-0.15, -0.1) is 35.3 Å². The van der Waals surface area contributed by atoms with Crippen LogP contribution in [0.2, 0.25) is 0 Å². The summed E-state index contributed by atoms with van der Waals surface area (Å²) in [6.07, 6.45) is 2.29. The van der Waals surface area contributed by atoms with E-state index in [0.717, 1.165) is 49.3 Å². The Morgan fingerprint density at radius 3 is 2.70 bits per heavy atom. The van der Waals surface area contributed by atoms with E-state index in [1.54, 1.807) is 22.7 Å². The molecule has 6 nitrogen and oxygen atoms in total. The van der Waals surface area contributed by atoms with Gasteiger partial charge in [0.05, 0.1) is 12.2 Å². The first-order chi connectivity index (χ1) is 12.6. The Balaban J connectivity index is 0.00000261. The SMILES string of the molecule is CN=C(NCc1csc(N(C)C)n1)NC1CCN(Cc2ccsc2)CC1.I. The molecule has 0 aliphatic carbocycles. The molecule has 27 heavy (non-hydrogen) atoms. The largest absolute Gasteiger partial charge is 0.354 e. The topological polar surface area (TPSA) is 55.8 Å². The molecule has 0 saturated carbocycles. The van der Waals surface area contributed by atoms with E-state index in [9.17, 15) is 0 Å². The van der Waals surface area contributed by atoms with Crippen LogP contribution in [0.25, 0.3) is 0 Å². The van der Waals surface area contributed by atoms with Gasteiger partial charge in [-0.25, -0.2) is 4.98 Å². The highest BCUT2D eigenvalue weighted by Gasteiger charge is 2.20. The number of nitrogens with zero attached hydrogens (tertiary/aromatic N) is 4. The number of nitrogens with one attached hydrogen (secondary N) is 2. The quantitative estimate of drug-likeness (QED) is 0.348. The van der Waals surface area contributed by atoms with Gasteiger partial charge in [0, 0.05) is 52.2 Å². The van der Waals surface area contributed by atoms with Crippen molar-refractivity contribution in [3.05, 3.63) is 33.5 Å². The van der Waals surface area contributed by atoms with Gasteiger partial charge in [-0.3, -0.25) is 9.89 Å². The van der Waals surface area contributed by atoms with Crippen molar-refractivity contribution in [3.8, 4) is 0 Å². The van der Waals surface area contributed by atoms with Crippen molar-refractivity contribution >= 4 is 57.7 Å². The van der Waals surface area contributed by atoms with Crippen LogP contribution < -0.4 is 15.5 Å². The van der Waals surface area contributed by atoms with Crippen LogP contribution in [0.1, 0.15) is 24.1 Å². The maximum absolute atomic E-state index is 4.60. The lowest BCUT2D eigenvalue weighted by atomic mass is 10.0. The number of aliphatic imine (C=N–C) groups is 1.